The maximum atomic E-state index is 12.0. The van der Waals surface area contributed by atoms with Crippen LogP contribution in [0.3, 0.4) is 0 Å². The molecule has 0 fully saturated rings. The van der Waals surface area contributed by atoms with Crippen LogP contribution < -0.4 is 10.3 Å². The molecule has 1 aromatic heterocycles. The summed E-state index contributed by atoms with van der Waals surface area (Å²) < 4.78 is 23.9. The lowest BCUT2D eigenvalue weighted by Crippen LogP contribution is -2.41. The molecule has 8 heteroatoms. The van der Waals surface area contributed by atoms with Gasteiger partial charge in [0.15, 0.2) is 0 Å². The second kappa shape index (κ2) is 6.00. The van der Waals surface area contributed by atoms with Crippen LogP contribution in [0.25, 0.3) is 0 Å². The first-order valence-electron chi connectivity index (χ1n) is 5.48. The number of nitrogens with one attached hydrogen (secondary N) is 2. The Morgan fingerprint density at radius 3 is 2.45 bits per heavy atom. The second-order valence-electron chi connectivity index (χ2n) is 3.71. The average Bonchev–Trinajstić information content (AvgIpc) is 2.46. The third-order valence-corrected chi connectivity index (χ3v) is 4.07. The monoisotopic (exact) mass is 311 g/mol. The number of pyridine rings is 1. The van der Waals surface area contributed by atoms with E-state index in [4.69, 9.17) is 11.6 Å². The number of nitrogens with zero attached hydrogens (tertiary/aromatic N) is 1. The van der Waals surface area contributed by atoms with E-state index in [2.05, 4.69) is 10.4 Å². The number of sulfonamides is 1. The van der Waals surface area contributed by atoms with E-state index in [-0.39, 0.29) is 15.6 Å². The van der Waals surface area contributed by atoms with Crippen LogP contribution in [0.5, 0.6) is 0 Å². The highest BCUT2D eigenvalue weighted by Gasteiger charge is 2.18. The minimum Gasteiger partial charge on any atom is -0.272 e. The summed E-state index contributed by atoms with van der Waals surface area (Å²) in [5.74, 6) is -0.666. The van der Waals surface area contributed by atoms with Crippen LogP contribution in [0.1, 0.15) is 10.5 Å². The van der Waals surface area contributed by atoms with Crippen molar-refractivity contribution in [3.05, 3.63) is 59.4 Å². The number of rotatable bonds is 4. The summed E-state index contributed by atoms with van der Waals surface area (Å²) in [6, 6.07) is 10.6. The van der Waals surface area contributed by atoms with Gasteiger partial charge in [-0.25, -0.2) is 8.42 Å². The highest BCUT2D eigenvalue weighted by atomic mass is 35.5. The molecule has 1 amide bonds. The predicted molar refractivity (Wildman–Crippen MR) is 73.5 cm³/mol. The van der Waals surface area contributed by atoms with Gasteiger partial charge >= 0.3 is 0 Å². The molecule has 6 nitrogen and oxygen atoms in total. The normalized spacial score (nSPS) is 11.1. The van der Waals surface area contributed by atoms with Crippen LogP contribution in [-0.2, 0) is 10.0 Å². The number of hydrazine groups is 1. The molecular weight excluding hydrogens is 302 g/mol. The molecule has 2 rings (SSSR count). The topological polar surface area (TPSA) is 88.2 Å². The average molecular weight is 312 g/mol. The summed E-state index contributed by atoms with van der Waals surface area (Å²) in [5, 5.41) is 0.0621. The van der Waals surface area contributed by atoms with Gasteiger partial charge in [-0.15, -0.1) is 4.83 Å². The Bertz CT molecular complexity index is 720. The molecule has 2 N–H and O–H groups in total. The largest absolute Gasteiger partial charge is 0.284 e. The van der Waals surface area contributed by atoms with Gasteiger partial charge in [0.05, 0.1) is 5.02 Å². The van der Waals surface area contributed by atoms with E-state index in [0.29, 0.717) is 0 Å². The van der Waals surface area contributed by atoms with E-state index in [1.54, 1.807) is 18.2 Å². The fraction of sp³-hybridized carbons (Fsp3) is 0. The molecule has 0 atom stereocenters. The second-order valence-corrected chi connectivity index (χ2v) is 5.76. The summed E-state index contributed by atoms with van der Waals surface area (Å²) >= 11 is 5.80. The van der Waals surface area contributed by atoms with Gasteiger partial charge in [-0.1, -0.05) is 29.8 Å². The molecule has 0 aliphatic rings. The fourth-order valence-electron chi connectivity index (χ4n) is 1.39. The summed E-state index contributed by atoms with van der Waals surface area (Å²) in [6.45, 7) is 0. The maximum Gasteiger partial charge on any atom is 0.284 e. The Balaban J connectivity index is 2.11. The number of aromatic nitrogens is 1. The van der Waals surface area contributed by atoms with Crippen molar-refractivity contribution in [1.29, 1.82) is 0 Å². The summed E-state index contributed by atoms with van der Waals surface area (Å²) in [5.41, 5.74) is 2.16. The quantitative estimate of drug-likeness (QED) is 0.834. The van der Waals surface area contributed by atoms with Gasteiger partial charge in [0.1, 0.15) is 10.6 Å². The molecule has 2 aromatic rings. The van der Waals surface area contributed by atoms with Crippen LogP contribution in [0.2, 0.25) is 5.02 Å². The van der Waals surface area contributed by atoms with E-state index < -0.39 is 15.9 Å². The van der Waals surface area contributed by atoms with Gasteiger partial charge in [-0.2, -0.15) is 0 Å². The highest BCUT2D eigenvalue weighted by molar-refractivity contribution is 7.89. The first kappa shape index (κ1) is 14.4. The van der Waals surface area contributed by atoms with Crippen molar-refractivity contribution in [1.82, 2.24) is 15.2 Å². The van der Waals surface area contributed by atoms with E-state index in [9.17, 15) is 13.2 Å². The summed E-state index contributed by atoms with van der Waals surface area (Å²) in [4.78, 5) is 17.3. The van der Waals surface area contributed by atoms with E-state index >= 15 is 0 Å². The molecular formula is C12H10ClN3O3S. The Kier molecular flexibility index (Phi) is 4.33. The van der Waals surface area contributed by atoms with E-state index in [1.807, 2.05) is 4.83 Å². The van der Waals surface area contributed by atoms with Gasteiger partial charge in [-0.3, -0.25) is 15.2 Å². The molecule has 0 aliphatic carbocycles. The minimum absolute atomic E-state index is 0.0621. The van der Waals surface area contributed by atoms with Crippen molar-refractivity contribution >= 4 is 27.5 Å². The number of hydrogen-bond acceptors (Lipinski definition) is 4. The lowest BCUT2D eigenvalue weighted by atomic mass is 10.3. The Hall–Kier alpha value is -1.96. The minimum atomic E-state index is -3.94. The number of benzene rings is 1. The Morgan fingerprint density at radius 1 is 1.10 bits per heavy atom. The molecule has 0 bridgehead atoms. The van der Waals surface area contributed by atoms with Crippen LogP contribution in [0, 0.1) is 0 Å². The zero-order valence-corrected chi connectivity index (χ0v) is 11.6. The van der Waals surface area contributed by atoms with Gasteiger partial charge in [0.2, 0.25) is 0 Å². The van der Waals surface area contributed by atoms with Crippen LogP contribution >= 0.6 is 11.6 Å². The van der Waals surface area contributed by atoms with Crippen molar-refractivity contribution in [2.24, 2.45) is 0 Å². The summed E-state index contributed by atoms with van der Waals surface area (Å²) in [6.07, 6.45) is 1.43. The standard InChI is InChI=1S/C12H10ClN3O3S/c13-9-5-1-2-7-11(9)20(18,19)16-15-12(17)10-6-3-4-8-14-10/h1-8,16H,(H,15,17). The first-order valence-corrected chi connectivity index (χ1v) is 7.34. The lowest BCUT2D eigenvalue weighted by molar-refractivity contribution is 0.0940. The first-order chi connectivity index (χ1) is 9.50. The van der Waals surface area contributed by atoms with Gasteiger partial charge < -0.3 is 0 Å². The Morgan fingerprint density at radius 2 is 1.80 bits per heavy atom. The SMILES string of the molecule is O=C(NNS(=O)(=O)c1ccccc1Cl)c1ccccn1. The predicted octanol–water partition coefficient (Wildman–Crippen LogP) is 1.36. The third kappa shape index (κ3) is 3.32. The number of carbonyl (C=O) groups excluding carboxylic acids is 1. The van der Waals surface area contributed by atoms with Gasteiger partial charge in [0.25, 0.3) is 15.9 Å². The van der Waals surface area contributed by atoms with Crippen molar-refractivity contribution in [2.45, 2.75) is 4.90 Å². The molecule has 0 unspecified atom stereocenters. The fourth-order valence-corrected chi connectivity index (χ4v) is 2.75. The van der Waals surface area contributed by atoms with Crippen molar-refractivity contribution in [3.8, 4) is 0 Å². The number of hydrogen-bond donors (Lipinski definition) is 2. The molecule has 0 aliphatic heterocycles. The Labute approximate surface area is 120 Å². The zero-order valence-electron chi connectivity index (χ0n) is 10.1. The third-order valence-electron chi connectivity index (χ3n) is 2.32. The maximum absolute atomic E-state index is 12.0. The van der Waals surface area contributed by atoms with Crippen LogP contribution in [0.15, 0.2) is 53.6 Å². The van der Waals surface area contributed by atoms with Crippen molar-refractivity contribution in [2.75, 3.05) is 0 Å². The smallest absolute Gasteiger partial charge is 0.272 e. The highest BCUT2D eigenvalue weighted by Crippen LogP contribution is 2.19. The summed E-state index contributed by atoms with van der Waals surface area (Å²) in [7, 11) is -3.94. The molecule has 1 aromatic carbocycles. The molecule has 0 spiro atoms. The molecule has 0 radical (unpaired) electrons. The van der Waals surface area contributed by atoms with E-state index in [0.717, 1.165) is 0 Å². The molecule has 0 saturated carbocycles. The van der Waals surface area contributed by atoms with Crippen LogP contribution in [-0.4, -0.2) is 19.3 Å². The van der Waals surface area contributed by atoms with Crippen LogP contribution in [0.4, 0.5) is 0 Å². The number of halogens is 1. The molecule has 20 heavy (non-hydrogen) atoms. The lowest BCUT2D eigenvalue weighted by Gasteiger charge is -2.09. The van der Waals surface area contributed by atoms with Gasteiger partial charge in [0, 0.05) is 6.20 Å². The van der Waals surface area contributed by atoms with Crippen molar-refractivity contribution in [3.63, 3.8) is 0 Å². The van der Waals surface area contributed by atoms with E-state index in [1.165, 1.54) is 30.5 Å². The zero-order chi connectivity index (χ0) is 14.6. The van der Waals surface area contributed by atoms with Crippen molar-refractivity contribution < 1.29 is 13.2 Å². The molecule has 104 valence electrons. The number of amides is 1. The number of carbonyl (C=O) groups is 1. The molecule has 0 saturated heterocycles. The molecule has 1 heterocycles. The van der Waals surface area contributed by atoms with Gasteiger partial charge in [-0.05, 0) is 24.3 Å².